The Bertz CT molecular complexity index is 1090. The van der Waals surface area contributed by atoms with E-state index in [2.05, 4.69) is 0 Å². The van der Waals surface area contributed by atoms with Crippen LogP contribution in [0.1, 0.15) is 28.4 Å². The molecule has 1 aliphatic carbocycles. The van der Waals surface area contributed by atoms with Gasteiger partial charge in [-0.1, -0.05) is 54.6 Å². The predicted octanol–water partition coefficient (Wildman–Crippen LogP) is 3.58. The SMILES string of the molecule is N#Cc1c(CC2C=Cc3ccccc3[C@H]2O)c2ccccc2oc1=O. The number of hydrogen-bond acceptors (Lipinski definition) is 4. The van der Waals surface area contributed by atoms with Crippen LogP contribution < -0.4 is 5.63 Å². The van der Waals surface area contributed by atoms with Gasteiger partial charge in [0.1, 0.15) is 17.2 Å². The van der Waals surface area contributed by atoms with E-state index in [4.69, 9.17) is 4.42 Å². The Balaban J connectivity index is 1.82. The smallest absolute Gasteiger partial charge is 0.354 e. The normalized spacial score (nSPS) is 18.7. The van der Waals surface area contributed by atoms with Crippen LogP contribution in [0.3, 0.4) is 0 Å². The summed E-state index contributed by atoms with van der Waals surface area (Å²) >= 11 is 0. The van der Waals surface area contributed by atoms with Gasteiger partial charge in [-0.2, -0.15) is 5.26 Å². The highest BCUT2D eigenvalue weighted by atomic mass is 16.4. The van der Waals surface area contributed by atoms with E-state index in [9.17, 15) is 15.2 Å². The Hall–Kier alpha value is -3.16. The summed E-state index contributed by atoms with van der Waals surface area (Å²) in [5.74, 6) is -0.216. The van der Waals surface area contributed by atoms with Gasteiger partial charge < -0.3 is 9.52 Å². The zero-order valence-corrected chi connectivity index (χ0v) is 13.3. The Morgan fingerprint density at radius 3 is 2.72 bits per heavy atom. The number of rotatable bonds is 2. The number of nitriles is 1. The molecule has 1 heterocycles. The van der Waals surface area contributed by atoms with Crippen molar-refractivity contribution in [1.82, 2.24) is 0 Å². The maximum atomic E-state index is 12.1. The summed E-state index contributed by atoms with van der Waals surface area (Å²) in [4.78, 5) is 12.1. The van der Waals surface area contributed by atoms with Crippen molar-refractivity contribution in [3.8, 4) is 6.07 Å². The summed E-state index contributed by atoms with van der Waals surface area (Å²) in [5, 5.41) is 20.9. The fourth-order valence-electron chi connectivity index (χ4n) is 3.45. The molecular formula is C21H15NO3. The standard InChI is InChI=1S/C21H15NO3/c22-12-18-17(16-7-3-4-8-19(16)25-21(18)24)11-14-10-9-13-5-1-2-6-15(13)20(14)23/h1-10,14,20,23H,11H2/t14?,20-/m0/s1. The zero-order chi connectivity index (χ0) is 17.4. The van der Waals surface area contributed by atoms with Crippen LogP contribution in [0.5, 0.6) is 0 Å². The molecule has 2 aromatic carbocycles. The molecule has 25 heavy (non-hydrogen) atoms. The van der Waals surface area contributed by atoms with Crippen molar-refractivity contribution in [2.45, 2.75) is 12.5 Å². The van der Waals surface area contributed by atoms with Crippen molar-refractivity contribution in [2.75, 3.05) is 0 Å². The second kappa shape index (κ2) is 6.04. The molecule has 0 amide bonds. The number of hydrogen-bond donors (Lipinski definition) is 1. The van der Waals surface area contributed by atoms with Gasteiger partial charge in [0.15, 0.2) is 0 Å². The van der Waals surface area contributed by atoms with Crippen LogP contribution in [0, 0.1) is 17.2 Å². The van der Waals surface area contributed by atoms with Crippen LogP contribution in [0.2, 0.25) is 0 Å². The lowest BCUT2D eigenvalue weighted by Gasteiger charge is -2.26. The monoisotopic (exact) mass is 329 g/mol. The third kappa shape index (κ3) is 2.55. The van der Waals surface area contributed by atoms with Gasteiger partial charge in [-0.05, 0) is 29.2 Å². The second-order valence-corrected chi connectivity index (χ2v) is 6.15. The molecule has 0 aliphatic heterocycles. The number of aliphatic hydroxyl groups is 1. The molecule has 0 radical (unpaired) electrons. The molecule has 3 aromatic rings. The number of aliphatic hydroxyl groups excluding tert-OH is 1. The highest BCUT2D eigenvalue weighted by Gasteiger charge is 2.26. The minimum absolute atomic E-state index is 0.0122. The minimum atomic E-state index is -0.682. The maximum Gasteiger partial charge on any atom is 0.354 e. The summed E-state index contributed by atoms with van der Waals surface area (Å²) in [6.45, 7) is 0. The van der Waals surface area contributed by atoms with Crippen molar-refractivity contribution >= 4 is 17.0 Å². The van der Waals surface area contributed by atoms with Crippen LogP contribution in [-0.4, -0.2) is 5.11 Å². The van der Waals surface area contributed by atoms with Gasteiger partial charge in [-0.15, -0.1) is 0 Å². The number of benzene rings is 2. The molecule has 0 saturated heterocycles. The lowest BCUT2D eigenvalue weighted by Crippen LogP contribution is -2.19. The van der Waals surface area contributed by atoms with Gasteiger partial charge >= 0.3 is 5.63 Å². The van der Waals surface area contributed by atoms with E-state index in [0.29, 0.717) is 17.6 Å². The van der Waals surface area contributed by atoms with Crippen molar-refractivity contribution in [2.24, 2.45) is 5.92 Å². The summed E-state index contributed by atoms with van der Waals surface area (Å²) in [6, 6.07) is 16.8. The van der Waals surface area contributed by atoms with Crippen molar-refractivity contribution in [3.63, 3.8) is 0 Å². The lowest BCUT2D eigenvalue weighted by molar-refractivity contribution is 0.130. The van der Waals surface area contributed by atoms with Gasteiger partial charge in [0.25, 0.3) is 0 Å². The highest BCUT2D eigenvalue weighted by molar-refractivity contribution is 5.82. The Morgan fingerprint density at radius 1 is 1.12 bits per heavy atom. The van der Waals surface area contributed by atoms with Crippen LogP contribution in [0.4, 0.5) is 0 Å². The van der Waals surface area contributed by atoms with Gasteiger partial charge in [0.05, 0.1) is 6.10 Å². The molecule has 4 rings (SSSR count). The molecule has 0 fully saturated rings. The van der Waals surface area contributed by atoms with Crippen LogP contribution >= 0.6 is 0 Å². The summed E-state index contributed by atoms with van der Waals surface area (Å²) < 4.78 is 5.24. The van der Waals surface area contributed by atoms with Gasteiger partial charge in [0, 0.05) is 11.3 Å². The fourth-order valence-corrected chi connectivity index (χ4v) is 3.45. The molecule has 0 spiro atoms. The molecule has 122 valence electrons. The molecular weight excluding hydrogens is 314 g/mol. The van der Waals surface area contributed by atoms with Gasteiger partial charge in [0.2, 0.25) is 0 Å². The average Bonchev–Trinajstić information content (AvgIpc) is 2.64. The number of fused-ring (bicyclic) bond motifs is 2. The van der Waals surface area contributed by atoms with E-state index in [0.717, 1.165) is 16.5 Å². The van der Waals surface area contributed by atoms with Gasteiger partial charge in [-0.25, -0.2) is 4.79 Å². The Kier molecular flexibility index (Phi) is 3.72. The highest BCUT2D eigenvalue weighted by Crippen LogP contribution is 2.35. The molecule has 1 aliphatic rings. The predicted molar refractivity (Wildman–Crippen MR) is 94.8 cm³/mol. The second-order valence-electron chi connectivity index (χ2n) is 6.15. The Morgan fingerprint density at radius 2 is 1.88 bits per heavy atom. The molecule has 1 aromatic heterocycles. The minimum Gasteiger partial charge on any atom is -0.422 e. The van der Waals surface area contributed by atoms with E-state index in [1.165, 1.54) is 0 Å². The van der Waals surface area contributed by atoms with Crippen LogP contribution in [0.25, 0.3) is 17.0 Å². The summed E-state index contributed by atoms with van der Waals surface area (Å²) in [5.41, 5.74) is 2.31. The molecule has 0 saturated carbocycles. The number of nitrogens with zero attached hydrogens (tertiary/aromatic N) is 1. The molecule has 1 N–H and O–H groups in total. The van der Waals surface area contributed by atoms with Crippen molar-refractivity contribution in [1.29, 1.82) is 5.26 Å². The largest absolute Gasteiger partial charge is 0.422 e. The summed E-state index contributed by atoms with van der Waals surface area (Å²) in [7, 11) is 0. The third-order valence-corrected chi connectivity index (χ3v) is 4.72. The molecule has 2 atom stereocenters. The number of para-hydroxylation sites is 1. The third-order valence-electron chi connectivity index (χ3n) is 4.72. The summed E-state index contributed by atoms with van der Waals surface area (Å²) in [6.07, 6.45) is 3.63. The molecule has 0 bridgehead atoms. The fraction of sp³-hybridized carbons (Fsp3) is 0.143. The van der Waals surface area contributed by atoms with Crippen molar-refractivity contribution in [3.05, 3.63) is 87.3 Å². The molecule has 4 nitrogen and oxygen atoms in total. The van der Waals surface area contributed by atoms with E-state index >= 15 is 0 Å². The lowest BCUT2D eigenvalue weighted by atomic mass is 9.82. The first kappa shape index (κ1) is 15.4. The average molecular weight is 329 g/mol. The van der Waals surface area contributed by atoms with E-state index in [1.54, 1.807) is 12.1 Å². The Labute approximate surface area is 144 Å². The zero-order valence-electron chi connectivity index (χ0n) is 13.3. The van der Waals surface area contributed by atoms with Crippen LogP contribution in [-0.2, 0) is 6.42 Å². The topological polar surface area (TPSA) is 74.2 Å². The first-order chi connectivity index (χ1) is 12.2. The van der Waals surface area contributed by atoms with E-state index in [1.807, 2.05) is 54.6 Å². The van der Waals surface area contributed by atoms with E-state index in [-0.39, 0.29) is 11.5 Å². The van der Waals surface area contributed by atoms with Crippen LogP contribution in [0.15, 0.2) is 63.8 Å². The maximum absolute atomic E-state index is 12.1. The molecule has 1 unspecified atom stereocenters. The van der Waals surface area contributed by atoms with Gasteiger partial charge in [-0.3, -0.25) is 0 Å². The van der Waals surface area contributed by atoms with Crippen molar-refractivity contribution < 1.29 is 9.52 Å². The first-order valence-electron chi connectivity index (χ1n) is 8.09. The van der Waals surface area contributed by atoms with E-state index < -0.39 is 11.7 Å². The molecule has 4 heteroatoms. The quantitative estimate of drug-likeness (QED) is 0.729. The first-order valence-corrected chi connectivity index (χ1v) is 8.09.